The Balaban J connectivity index is 1.46. The number of benzene rings is 2. The summed E-state index contributed by atoms with van der Waals surface area (Å²) >= 11 is 0. The Labute approximate surface area is 157 Å². The van der Waals surface area contributed by atoms with Gasteiger partial charge in [0, 0.05) is 17.6 Å². The van der Waals surface area contributed by atoms with Gasteiger partial charge in [0.2, 0.25) is 0 Å². The van der Waals surface area contributed by atoms with Crippen molar-refractivity contribution >= 4 is 22.8 Å². The average molecular weight is 360 g/mol. The van der Waals surface area contributed by atoms with Gasteiger partial charge in [-0.3, -0.25) is 9.78 Å². The van der Waals surface area contributed by atoms with Crippen molar-refractivity contribution in [2.45, 2.75) is 25.8 Å². The number of rotatable bonds is 5. The maximum Gasteiger partial charge on any atom is 0.339 e. The molecular weight excluding hydrogens is 340 g/mol. The maximum atomic E-state index is 12.8. The van der Waals surface area contributed by atoms with Gasteiger partial charge in [-0.25, -0.2) is 4.79 Å². The van der Waals surface area contributed by atoms with Crippen LogP contribution in [0.15, 0.2) is 54.6 Å². The summed E-state index contributed by atoms with van der Waals surface area (Å²) in [4.78, 5) is 29.5. The van der Waals surface area contributed by atoms with E-state index in [1.54, 1.807) is 0 Å². The molecule has 27 heavy (non-hydrogen) atoms. The minimum absolute atomic E-state index is 0.295. The Bertz CT molecular complexity index is 999. The minimum atomic E-state index is -0.457. The summed E-state index contributed by atoms with van der Waals surface area (Å²) in [6.45, 7) is 0.113. The van der Waals surface area contributed by atoms with Crippen molar-refractivity contribution in [1.29, 1.82) is 0 Å². The van der Waals surface area contributed by atoms with Crippen LogP contribution in [-0.4, -0.2) is 23.5 Å². The second-order valence-corrected chi connectivity index (χ2v) is 6.62. The molecule has 0 aliphatic heterocycles. The van der Waals surface area contributed by atoms with Crippen LogP contribution in [0.4, 0.5) is 0 Å². The van der Waals surface area contributed by atoms with Crippen LogP contribution in [0.2, 0.25) is 0 Å². The number of pyridine rings is 1. The number of para-hydroxylation sites is 1. The molecule has 0 fully saturated rings. The van der Waals surface area contributed by atoms with E-state index < -0.39 is 5.97 Å². The number of nitrogens with one attached hydrogen (secondary N) is 1. The molecule has 0 spiro atoms. The number of nitrogens with zero attached hydrogens (tertiary/aromatic N) is 1. The van der Waals surface area contributed by atoms with Gasteiger partial charge in [0.25, 0.3) is 5.91 Å². The highest BCUT2D eigenvalue weighted by Gasteiger charge is 2.25. The van der Waals surface area contributed by atoms with E-state index in [2.05, 4.69) is 10.3 Å². The lowest BCUT2D eigenvalue weighted by atomic mass is 10.0. The average Bonchev–Trinajstić information content (AvgIpc) is 3.17. The number of amides is 1. The molecule has 0 radical (unpaired) electrons. The van der Waals surface area contributed by atoms with Gasteiger partial charge in [-0.1, -0.05) is 48.5 Å². The Hall–Kier alpha value is -3.21. The fourth-order valence-corrected chi connectivity index (χ4v) is 3.49. The SMILES string of the molecule is O=C(COC(=O)c1c2c(nc3ccccc13)CCC2)NCc1ccccc1. The van der Waals surface area contributed by atoms with E-state index in [-0.39, 0.29) is 12.5 Å². The van der Waals surface area contributed by atoms with Crippen LogP contribution >= 0.6 is 0 Å². The molecular formula is C22H20N2O3. The predicted octanol–water partition coefficient (Wildman–Crippen LogP) is 3.20. The monoisotopic (exact) mass is 360 g/mol. The molecule has 1 amide bonds. The number of fused-ring (bicyclic) bond motifs is 2. The van der Waals surface area contributed by atoms with Crippen molar-refractivity contribution in [2.24, 2.45) is 0 Å². The topological polar surface area (TPSA) is 68.3 Å². The second-order valence-electron chi connectivity index (χ2n) is 6.62. The van der Waals surface area contributed by atoms with E-state index in [0.29, 0.717) is 12.1 Å². The highest BCUT2D eigenvalue weighted by molar-refractivity contribution is 6.05. The number of aryl methyl sites for hydroxylation is 1. The summed E-state index contributed by atoms with van der Waals surface area (Å²) in [6.07, 6.45) is 2.67. The first-order valence-corrected chi connectivity index (χ1v) is 9.10. The van der Waals surface area contributed by atoms with Gasteiger partial charge in [-0.2, -0.15) is 0 Å². The first-order valence-electron chi connectivity index (χ1n) is 9.10. The Kier molecular flexibility index (Phi) is 4.83. The first-order chi connectivity index (χ1) is 13.2. The normalized spacial score (nSPS) is 12.6. The van der Waals surface area contributed by atoms with Gasteiger partial charge in [-0.05, 0) is 36.5 Å². The molecule has 4 rings (SSSR count). The third kappa shape index (κ3) is 3.67. The van der Waals surface area contributed by atoms with Gasteiger partial charge < -0.3 is 10.1 Å². The Morgan fingerprint density at radius 1 is 1.00 bits per heavy atom. The summed E-state index contributed by atoms with van der Waals surface area (Å²) < 4.78 is 5.33. The Morgan fingerprint density at radius 2 is 1.78 bits per heavy atom. The maximum absolute atomic E-state index is 12.8. The van der Waals surface area contributed by atoms with E-state index in [0.717, 1.165) is 47.0 Å². The number of carbonyl (C=O) groups excluding carboxylic acids is 2. The highest BCUT2D eigenvalue weighted by Crippen LogP contribution is 2.30. The quantitative estimate of drug-likeness (QED) is 0.710. The summed E-state index contributed by atoms with van der Waals surface area (Å²) in [5.74, 6) is -0.774. The molecule has 1 aliphatic carbocycles. The van der Waals surface area contributed by atoms with Crippen LogP contribution < -0.4 is 5.32 Å². The third-order valence-corrected chi connectivity index (χ3v) is 4.79. The van der Waals surface area contributed by atoms with Gasteiger partial charge in [0.05, 0.1) is 11.1 Å². The van der Waals surface area contributed by atoms with E-state index >= 15 is 0 Å². The van der Waals surface area contributed by atoms with Crippen molar-refractivity contribution in [3.05, 3.63) is 77.0 Å². The number of aromatic nitrogens is 1. The fraction of sp³-hybridized carbons (Fsp3) is 0.227. The lowest BCUT2D eigenvalue weighted by Gasteiger charge is -2.12. The number of hydrogen-bond acceptors (Lipinski definition) is 4. The van der Waals surface area contributed by atoms with E-state index in [9.17, 15) is 9.59 Å². The zero-order valence-electron chi connectivity index (χ0n) is 14.9. The molecule has 2 aromatic carbocycles. The van der Waals surface area contributed by atoms with Crippen molar-refractivity contribution < 1.29 is 14.3 Å². The van der Waals surface area contributed by atoms with Crippen molar-refractivity contribution in [2.75, 3.05) is 6.61 Å². The van der Waals surface area contributed by atoms with Crippen LogP contribution in [0.1, 0.15) is 33.6 Å². The zero-order chi connectivity index (χ0) is 18.6. The molecule has 0 saturated heterocycles. The van der Waals surface area contributed by atoms with Crippen molar-refractivity contribution in [3.63, 3.8) is 0 Å². The molecule has 1 heterocycles. The predicted molar refractivity (Wildman–Crippen MR) is 102 cm³/mol. The smallest absolute Gasteiger partial charge is 0.339 e. The molecule has 0 bridgehead atoms. The van der Waals surface area contributed by atoms with Gasteiger partial charge in [-0.15, -0.1) is 0 Å². The van der Waals surface area contributed by atoms with E-state index in [1.807, 2.05) is 54.6 Å². The molecule has 5 heteroatoms. The van der Waals surface area contributed by atoms with Crippen LogP contribution in [0.3, 0.4) is 0 Å². The third-order valence-electron chi connectivity index (χ3n) is 4.79. The lowest BCUT2D eigenvalue weighted by molar-refractivity contribution is -0.124. The van der Waals surface area contributed by atoms with E-state index in [4.69, 9.17) is 4.74 Å². The van der Waals surface area contributed by atoms with Crippen LogP contribution in [0.25, 0.3) is 10.9 Å². The van der Waals surface area contributed by atoms with E-state index in [1.165, 1.54) is 0 Å². The summed E-state index contributed by atoms with van der Waals surface area (Å²) in [5, 5.41) is 3.55. The molecule has 1 N–H and O–H groups in total. The molecule has 1 aliphatic rings. The summed E-state index contributed by atoms with van der Waals surface area (Å²) in [6, 6.07) is 17.2. The largest absolute Gasteiger partial charge is 0.452 e. The van der Waals surface area contributed by atoms with Crippen LogP contribution in [0, 0.1) is 0 Å². The molecule has 0 unspecified atom stereocenters. The standard InChI is InChI=1S/C22H20N2O3/c25-20(23-13-15-7-2-1-3-8-15)14-27-22(26)21-16-9-4-5-11-18(16)24-19-12-6-10-17(19)21/h1-5,7-9,11H,6,10,12-14H2,(H,23,25). The highest BCUT2D eigenvalue weighted by atomic mass is 16.5. The number of ether oxygens (including phenoxy) is 1. The fourth-order valence-electron chi connectivity index (χ4n) is 3.49. The summed E-state index contributed by atoms with van der Waals surface area (Å²) in [7, 11) is 0. The van der Waals surface area contributed by atoms with Crippen molar-refractivity contribution in [1.82, 2.24) is 10.3 Å². The van der Waals surface area contributed by atoms with Crippen molar-refractivity contribution in [3.8, 4) is 0 Å². The molecule has 5 nitrogen and oxygen atoms in total. The molecule has 136 valence electrons. The van der Waals surface area contributed by atoms with Gasteiger partial charge in [0.15, 0.2) is 6.61 Å². The number of esters is 1. The zero-order valence-corrected chi connectivity index (χ0v) is 14.9. The second kappa shape index (κ2) is 7.58. The van der Waals surface area contributed by atoms with Gasteiger partial charge in [0.1, 0.15) is 0 Å². The van der Waals surface area contributed by atoms with Gasteiger partial charge >= 0.3 is 5.97 Å². The Morgan fingerprint density at radius 3 is 2.63 bits per heavy atom. The number of hydrogen-bond donors (Lipinski definition) is 1. The first kappa shape index (κ1) is 17.2. The lowest BCUT2D eigenvalue weighted by Crippen LogP contribution is -2.28. The molecule has 0 atom stereocenters. The van der Waals surface area contributed by atoms with Crippen LogP contribution in [0.5, 0.6) is 0 Å². The number of carbonyl (C=O) groups is 2. The minimum Gasteiger partial charge on any atom is -0.452 e. The molecule has 0 saturated carbocycles. The summed E-state index contributed by atoms with van der Waals surface area (Å²) in [5.41, 5.74) is 4.27. The molecule has 1 aromatic heterocycles. The molecule has 3 aromatic rings. The van der Waals surface area contributed by atoms with Crippen LogP contribution in [-0.2, 0) is 28.9 Å².